The van der Waals surface area contributed by atoms with Gasteiger partial charge in [0.15, 0.2) is 17.4 Å². The summed E-state index contributed by atoms with van der Waals surface area (Å²) < 4.78 is 37.3. The van der Waals surface area contributed by atoms with Gasteiger partial charge >= 0.3 is 0 Å². The van der Waals surface area contributed by atoms with Crippen molar-refractivity contribution in [3.63, 3.8) is 0 Å². The summed E-state index contributed by atoms with van der Waals surface area (Å²) >= 11 is 0. The molecule has 0 N–H and O–H groups in total. The van der Waals surface area contributed by atoms with Crippen molar-refractivity contribution in [2.24, 2.45) is 0 Å². The predicted molar refractivity (Wildman–Crippen MR) is 69.2 cm³/mol. The summed E-state index contributed by atoms with van der Waals surface area (Å²) in [7, 11) is 0. The minimum Gasteiger partial charge on any atom is -0.490 e. The van der Waals surface area contributed by atoms with E-state index in [4.69, 9.17) is 9.47 Å². The van der Waals surface area contributed by atoms with Crippen LogP contribution in [0.25, 0.3) is 0 Å². The maximum absolute atomic E-state index is 13.5. The molecule has 0 saturated heterocycles. The molecule has 0 aliphatic carbocycles. The first kappa shape index (κ1) is 14.0. The largest absolute Gasteiger partial charge is 0.490 e. The topological polar surface area (TPSA) is 35.5 Å². The maximum Gasteiger partial charge on any atom is 0.190 e. The molecule has 0 atom stereocenters. The van der Waals surface area contributed by atoms with Gasteiger partial charge in [0, 0.05) is 5.56 Å². The normalized spacial score (nSPS) is 10.1. The molecule has 0 aliphatic rings. The summed E-state index contributed by atoms with van der Waals surface area (Å²) in [6.45, 7) is 0.140. The third-order valence-corrected chi connectivity index (χ3v) is 2.50. The van der Waals surface area contributed by atoms with E-state index in [1.165, 1.54) is 0 Å². The lowest BCUT2D eigenvalue weighted by Crippen LogP contribution is -2.11. The summed E-state index contributed by atoms with van der Waals surface area (Å²) in [5, 5.41) is 0. The number of ether oxygens (including phenoxy) is 2. The van der Waals surface area contributed by atoms with Crippen molar-refractivity contribution in [2.75, 3.05) is 13.2 Å². The number of rotatable bonds is 6. The van der Waals surface area contributed by atoms with Crippen LogP contribution in [0.2, 0.25) is 0 Å². The van der Waals surface area contributed by atoms with Gasteiger partial charge in [0.05, 0.1) is 0 Å². The second kappa shape index (κ2) is 6.65. The van der Waals surface area contributed by atoms with E-state index in [0.29, 0.717) is 12.0 Å². The van der Waals surface area contributed by atoms with E-state index in [1.54, 1.807) is 12.1 Å². The fourth-order valence-electron chi connectivity index (χ4n) is 1.61. The molecule has 2 aromatic rings. The highest BCUT2D eigenvalue weighted by molar-refractivity contribution is 5.75. The zero-order chi connectivity index (χ0) is 14.4. The highest BCUT2D eigenvalue weighted by Gasteiger charge is 2.12. The fourth-order valence-corrected chi connectivity index (χ4v) is 1.61. The first-order valence-corrected chi connectivity index (χ1v) is 5.95. The summed E-state index contributed by atoms with van der Waals surface area (Å²) in [5.41, 5.74) is -0.0760. The number of para-hydroxylation sites is 1. The van der Waals surface area contributed by atoms with E-state index in [1.807, 2.05) is 18.2 Å². The quantitative estimate of drug-likeness (QED) is 0.601. The van der Waals surface area contributed by atoms with E-state index >= 15 is 0 Å². The summed E-state index contributed by atoms with van der Waals surface area (Å²) in [4.78, 5) is 10.4. The standard InChI is InChI=1S/C15H12F2O3/c16-13-8-11(10-18)9-14(17)15(13)20-7-6-19-12-4-2-1-3-5-12/h1-5,8-10H,6-7H2. The molecule has 5 heteroatoms. The molecule has 0 amide bonds. The van der Waals surface area contributed by atoms with Gasteiger partial charge in [0.25, 0.3) is 0 Å². The van der Waals surface area contributed by atoms with Gasteiger partial charge in [-0.1, -0.05) is 18.2 Å². The third-order valence-electron chi connectivity index (χ3n) is 2.50. The number of hydrogen-bond acceptors (Lipinski definition) is 3. The number of aldehydes is 1. The zero-order valence-electron chi connectivity index (χ0n) is 10.5. The van der Waals surface area contributed by atoms with Crippen LogP contribution >= 0.6 is 0 Å². The molecule has 0 fully saturated rings. The Bertz CT molecular complexity index is 562. The Morgan fingerprint density at radius 1 is 0.950 bits per heavy atom. The molecule has 2 rings (SSSR count). The van der Waals surface area contributed by atoms with Gasteiger partial charge in [-0.15, -0.1) is 0 Å². The van der Waals surface area contributed by atoms with Crippen LogP contribution < -0.4 is 9.47 Å². The van der Waals surface area contributed by atoms with Crippen LogP contribution in [0, 0.1) is 11.6 Å². The predicted octanol–water partition coefficient (Wildman–Crippen LogP) is 3.24. The SMILES string of the molecule is O=Cc1cc(F)c(OCCOc2ccccc2)c(F)c1. The molecule has 104 valence electrons. The maximum atomic E-state index is 13.5. The molecule has 0 aromatic heterocycles. The molecule has 0 saturated carbocycles. The molecule has 2 aromatic carbocycles. The minimum atomic E-state index is -0.910. The lowest BCUT2D eigenvalue weighted by atomic mass is 10.2. The minimum absolute atomic E-state index is 0.0107. The first-order chi connectivity index (χ1) is 9.70. The Hall–Kier alpha value is -2.43. The molecular formula is C15H12F2O3. The van der Waals surface area contributed by atoms with Crippen LogP contribution in [0.1, 0.15) is 10.4 Å². The van der Waals surface area contributed by atoms with Gasteiger partial charge in [-0.3, -0.25) is 4.79 Å². The molecule has 0 aliphatic heterocycles. The Morgan fingerprint density at radius 2 is 1.55 bits per heavy atom. The fraction of sp³-hybridized carbons (Fsp3) is 0.133. The summed E-state index contributed by atoms with van der Waals surface area (Å²) in [6.07, 6.45) is 0.369. The third kappa shape index (κ3) is 3.54. The van der Waals surface area contributed by atoms with E-state index < -0.39 is 17.4 Å². The van der Waals surface area contributed by atoms with E-state index in [2.05, 4.69) is 0 Å². The number of benzene rings is 2. The van der Waals surface area contributed by atoms with Crippen molar-refractivity contribution in [3.05, 3.63) is 59.7 Å². The Balaban J connectivity index is 1.90. The van der Waals surface area contributed by atoms with Crippen molar-refractivity contribution in [3.8, 4) is 11.5 Å². The van der Waals surface area contributed by atoms with Gasteiger partial charge in [0.1, 0.15) is 25.2 Å². The smallest absolute Gasteiger partial charge is 0.190 e. The van der Waals surface area contributed by atoms with Gasteiger partial charge in [0.2, 0.25) is 0 Å². The summed E-state index contributed by atoms with van der Waals surface area (Å²) in [5.74, 6) is -1.68. The van der Waals surface area contributed by atoms with E-state index in [9.17, 15) is 13.6 Å². The lowest BCUT2D eigenvalue weighted by molar-refractivity contribution is 0.112. The van der Waals surface area contributed by atoms with Crippen LogP contribution in [0.4, 0.5) is 8.78 Å². The number of carbonyl (C=O) groups excluding carboxylic acids is 1. The monoisotopic (exact) mass is 278 g/mol. The van der Waals surface area contributed by atoms with Gasteiger partial charge in [-0.25, -0.2) is 8.78 Å². The van der Waals surface area contributed by atoms with Crippen LogP contribution in [0.15, 0.2) is 42.5 Å². The van der Waals surface area contributed by atoms with Crippen molar-refractivity contribution in [1.82, 2.24) is 0 Å². The Labute approximate surface area is 114 Å². The summed E-state index contributed by atoms with van der Waals surface area (Å²) in [6, 6.07) is 10.8. The van der Waals surface area contributed by atoms with E-state index in [-0.39, 0.29) is 18.8 Å². The van der Waals surface area contributed by atoms with Crippen molar-refractivity contribution >= 4 is 6.29 Å². The highest BCUT2D eigenvalue weighted by atomic mass is 19.1. The van der Waals surface area contributed by atoms with Crippen LogP contribution in [-0.4, -0.2) is 19.5 Å². The van der Waals surface area contributed by atoms with Crippen molar-refractivity contribution < 1.29 is 23.0 Å². The van der Waals surface area contributed by atoms with Gasteiger partial charge < -0.3 is 9.47 Å². The zero-order valence-corrected chi connectivity index (χ0v) is 10.5. The van der Waals surface area contributed by atoms with Crippen molar-refractivity contribution in [1.29, 1.82) is 0 Å². The Morgan fingerprint density at radius 3 is 2.15 bits per heavy atom. The number of carbonyl (C=O) groups is 1. The Kier molecular flexibility index (Phi) is 4.65. The average Bonchev–Trinajstić information content (AvgIpc) is 2.46. The van der Waals surface area contributed by atoms with Crippen molar-refractivity contribution in [2.45, 2.75) is 0 Å². The molecule has 0 bridgehead atoms. The highest BCUT2D eigenvalue weighted by Crippen LogP contribution is 2.22. The van der Waals surface area contributed by atoms with Crippen LogP contribution in [0.5, 0.6) is 11.5 Å². The molecule has 0 heterocycles. The van der Waals surface area contributed by atoms with Gasteiger partial charge in [-0.05, 0) is 24.3 Å². The second-order valence-corrected chi connectivity index (χ2v) is 3.94. The molecule has 3 nitrogen and oxygen atoms in total. The molecular weight excluding hydrogens is 266 g/mol. The number of halogens is 2. The second-order valence-electron chi connectivity index (χ2n) is 3.94. The molecule has 20 heavy (non-hydrogen) atoms. The first-order valence-electron chi connectivity index (χ1n) is 5.95. The van der Waals surface area contributed by atoms with E-state index in [0.717, 1.165) is 12.1 Å². The van der Waals surface area contributed by atoms with Crippen LogP contribution in [-0.2, 0) is 0 Å². The lowest BCUT2D eigenvalue weighted by Gasteiger charge is -2.10. The van der Waals surface area contributed by atoms with Gasteiger partial charge in [-0.2, -0.15) is 0 Å². The average molecular weight is 278 g/mol. The van der Waals surface area contributed by atoms with Crippen LogP contribution in [0.3, 0.4) is 0 Å². The number of hydrogen-bond donors (Lipinski definition) is 0. The molecule has 0 radical (unpaired) electrons. The molecule has 0 spiro atoms. The molecule has 0 unspecified atom stereocenters.